The van der Waals surface area contributed by atoms with Crippen LogP contribution in [0.25, 0.3) is 0 Å². The highest BCUT2D eigenvalue weighted by atomic mass is 32.1. The van der Waals surface area contributed by atoms with E-state index in [9.17, 15) is 22.4 Å². The summed E-state index contributed by atoms with van der Waals surface area (Å²) in [6.07, 6.45) is -4.98. The number of alkyl halides is 3. The molecule has 2 aromatic rings. The van der Waals surface area contributed by atoms with Crippen LogP contribution in [0.15, 0.2) is 24.3 Å². The fourth-order valence-corrected chi connectivity index (χ4v) is 2.46. The minimum absolute atomic E-state index is 0.0914. The summed E-state index contributed by atoms with van der Waals surface area (Å²) in [5, 5.41) is 13.8. The molecule has 0 aliphatic carbocycles. The van der Waals surface area contributed by atoms with E-state index in [0.717, 1.165) is 6.07 Å². The van der Waals surface area contributed by atoms with E-state index in [0.29, 0.717) is 0 Å². The zero-order valence-electron chi connectivity index (χ0n) is 10.3. The molecule has 1 heterocycles. The number of carboxylic acids is 1. The van der Waals surface area contributed by atoms with Crippen LogP contribution < -0.4 is 0 Å². The second-order valence-electron chi connectivity index (χ2n) is 4.13. The molecule has 0 saturated heterocycles. The average molecular weight is 320 g/mol. The minimum atomic E-state index is -4.68. The largest absolute Gasteiger partial charge is 0.481 e. The molecule has 4 nitrogen and oxygen atoms in total. The summed E-state index contributed by atoms with van der Waals surface area (Å²) >= 11 is 0.151. The molecule has 1 atom stereocenters. The van der Waals surface area contributed by atoms with Crippen molar-refractivity contribution in [2.75, 3.05) is 0 Å². The van der Waals surface area contributed by atoms with Gasteiger partial charge in [0.05, 0.1) is 0 Å². The zero-order chi connectivity index (χ0) is 15.6. The van der Waals surface area contributed by atoms with Crippen molar-refractivity contribution in [2.45, 2.75) is 18.5 Å². The molecule has 0 bridgehead atoms. The first kappa shape index (κ1) is 15.4. The van der Waals surface area contributed by atoms with Crippen molar-refractivity contribution in [3.8, 4) is 0 Å². The number of hydrogen-bond acceptors (Lipinski definition) is 4. The first-order valence-electron chi connectivity index (χ1n) is 5.66. The molecule has 0 spiro atoms. The van der Waals surface area contributed by atoms with Gasteiger partial charge in [-0.2, -0.15) is 13.2 Å². The van der Waals surface area contributed by atoms with Gasteiger partial charge in [-0.05, 0) is 18.1 Å². The van der Waals surface area contributed by atoms with Crippen LogP contribution in [-0.4, -0.2) is 21.3 Å². The predicted octanol–water partition coefficient (Wildman–Crippen LogP) is 3.11. The number of aromatic nitrogens is 2. The van der Waals surface area contributed by atoms with Crippen molar-refractivity contribution in [3.63, 3.8) is 0 Å². The first-order chi connectivity index (χ1) is 9.79. The first-order valence-corrected chi connectivity index (χ1v) is 6.47. The highest BCUT2D eigenvalue weighted by Crippen LogP contribution is 2.34. The van der Waals surface area contributed by atoms with E-state index in [1.807, 2.05) is 0 Å². The summed E-state index contributed by atoms with van der Waals surface area (Å²) < 4.78 is 50.9. The zero-order valence-corrected chi connectivity index (χ0v) is 11.1. The lowest BCUT2D eigenvalue weighted by Gasteiger charge is -2.09. The fourth-order valence-electron chi connectivity index (χ4n) is 1.65. The third-order valence-electron chi connectivity index (χ3n) is 2.66. The minimum Gasteiger partial charge on any atom is -0.481 e. The van der Waals surface area contributed by atoms with Crippen LogP contribution in [0.3, 0.4) is 0 Å². The lowest BCUT2D eigenvalue weighted by atomic mass is 10.00. The Morgan fingerprint density at radius 2 is 1.95 bits per heavy atom. The Bertz CT molecular complexity index is 657. The summed E-state index contributed by atoms with van der Waals surface area (Å²) in [5.41, 5.74) is 0.0914. The molecule has 9 heteroatoms. The van der Waals surface area contributed by atoms with Crippen molar-refractivity contribution < 1.29 is 27.5 Å². The highest BCUT2D eigenvalue weighted by molar-refractivity contribution is 7.11. The Labute approximate surface area is 120 Å². The normalized spacial score (nSPS) is 13.1. The van der Waals surface area contributed by atoms with Crippen LogP contribution >= 0.6 is 11.3 Å². The topological polar surface area (TPSA) is 63.1 Å². The van der Waals surface area contributed by atoms with Gasteiger partial charge < -0.3 is 5.11 Å². The Balaban J connectivity index is 2.30. The van der Waals surface area contributed by atoms with Crippen molar-refractivity contribution in [3.05, 3.63) is 45.7 Å². The second-order valence-corrected chi connectivity index (χ2v) is 5.14. The van der Waals surface area contributed by atoms with Crippen molar-refractivity contribution >= 4 is 17.3 Å². The van der Waals surface area contributed by atoms with Gasteiger partial charge in [0.25, 0.3) is 0 Å². The van der Waals surface area contributed by atoms with Gasteiger partial charge in [0.15, 0.2) is 0 Å². The molecule has 21 heavy (non-hydrogen) atoms. The van der Waals surface area contributed by atoms with Crippen LogP contribution in [0.1, 0.15) is 21.5 Å². The molecular formula is C12H8F4N2O2S. The summed E-state index contributed by atoms with van der Waals surface area (Å²) in [5.74, 6) is -3.39. The Morgan fingerprint density at radius 1 is 1.29 bits per heavy atom. The van der Waals surface area contributed by atoms with Crippen molar-refractivity contribution in [1.29, 1.82) is 0 Å². The van der Waals surface area contributed by atoms with Gasteiger partial charge in [0.1, 0.15) is 16.7 Å². The third-order valence-corrected chi connectivity index (χ3v) is 3.74. The second kappa shape index (κ2) is 5.76. The van der Waals surface area contributed by atoms with E-state index < -0.39 is 28.9 Å². The van der Waals surface area contributed by atoms with Gasteiger partial charge in [0.2, 0.25) is 5.01 Å². The molecular weight excluding hydrogens is 312 g/mol. The average Bonchev–Trinajstić information content (AvgIpc) is 2.86. The Hall–Kier alpha value is -2.03. The number of hydrogen-bond donors (Lipinski definition) is 1. The standard InChI is InChI=1S/C12H8F4N2O2S/c13-8-4-2-1-3-6(8)5-7(10(19)20)9-17-18-11(21-9)12(14,15)16/h1-4,7H,5H2,(H,19,20). The van der Waals surface area contributed by atoms with Crippen LogP contribution in [0.2, 0.25) is 0 Å². The SMILES string of the molecule is O=C(O)C(Cc1ccccc1F)c1nnc(C(F)(F)F)s1. The van der Waals surface area contributed by atoms with Gasteiger partial charge >= 0.3 is 12.1 Å². The number of carboxylic acid groups (broad SMARTS) is 1. The van der Waals surface area contributed by atoms with E-state index in [1.165, 1.54) is 18.2 Å². The molecule has 1 aromatic carbocycles. The molecule has 112 valence electrons. The molecule has 0 radical (unpaired) electrons. The molecule has 0 saturated carbocycles. The quantitative estimate of drug-likeness (QED) is 0.879. The van der Waals surface area contributed by atoms with E-state index >= 15 is 0 Å². The molecule has 1 N–H and O–H groups in total. The monoisotopic (exact) mass is 320 g/mol. The molecule has 1 unspecified atom stereocenters. The maximum Gasteiger partial charge on any atom is 0.445 e. The number of rotatable bonds is 4. The van der Waals surface area contributed by atoms with Gasteiger partial charge in [-0.15, -0.1) is 10.2 Å². The maximum atomic E-state index is 13.5. The molecule has 0 fully saturated rings. The van der Waals surface area contributed by atoms with Gasteiger partial charge in [0, 0.05) is 0 Å². The Morgan fingerprint density at radius 3 is 2.48 bits per heavy atom. The molecule has 0 aliphatic heterocycles. The summed E-state index contributed by atoms with van der Waals surface area (Å²) in [6.45, 7) is 0. The molecule has 0 amide bonds. The van der Waals surface area contributed by atoms with Crippen molar-refractivity contribution in [1.82, 2.24) is 10.2 Å². The van der Waals surface area contributed by atoms with Crippen molar-refractivity contribution in [2.24, 2.45) is 0 Å². The number of benzene rings is 1. The lowest BCUT2D eigenvalue weighted by Crippen LogP contribution is -2.15. The van der Waals surface area contributed by atoms with Gasteiger partial charge in [-0.3, -0.25) is 4.79 Å². The fraction of sp³-hybridized carbons (Fsp3) is 0.250. The summed E-state index contributed by atoms with van der Waals surface area (Å²) in [7, 11) is 0. The Kier molecular flexibility index (Phi) is 4.21. The molecule has 2 rings (SSSR count). The van der Waals surface area contributed by atoms with E-state index in [4.69, 9.17) is 5.11 Å². The summed E-state index contributed by atoms with van der Waals surface area (Å²) in [6, 6.07) is 5.46. The molecule has 0 aliphatic rings. The van der Waals surface area contributed by atoms with E-state index in [2.05, 4.69) is 10.2 Å². The number of aliphatic carboxylic acids is 1. The number of halogens is 4. The summed E-state index contributed by atoms with van der Waals surface area (Å²) in [4.78, 5) is 11.2. The van der Waals surface area contributed by atoms with Crippen LogP contribution in [0.4, 0.5) is 17.6 Å². The third kappa shape index (κ3) is 3.54. The van der Waals surface area contributed by atoms with Crippen LogP contribution in [-0.2, 0) is 17.4 Å². The van der Waals surface area contributed by atoms with Gasteiger partial charge in [-0.1, -0.05) is 29.5 Å². The number of nitrogens with zero attached hydrogens (tertiary/aromatic N) is 2. The highest BCUT2D eigenvalue weighted by Gasteiger charge is 2.37. The maximum absolute atomic E-state index is 13.5. The van der Waals surface area contributed by atoms with E-state index in [1.54, 1.807) is 0 Å². The predicted molar refractivity (Wildman–Crippen MR) is 65.4 cm³/mol. The van der Waals surface area contributed by atoms with Gasteiger partial charge in [-0.25, -0.2) is 4.39 Å². The van der Waals surface area contributed by atoms with E-state index in [-0.39, 0.29) is 28.3 Å². The van der Waals surface area contributed by atoms with Crippen LogP contribution in [0.5, 0.6) is 0 Å². The number of carbonyl (C=O) groups is 1. The molecule has 1 aromatic heterocycles. The smallest absolute Gasteiger partial charge is 0.445 e. The lowest BCUT2D eigenvalue weighted by molar-refractivity contribution is -0.139. The van der Waals surface area contributed by atoms with Crippen LogP contribution in [0, 0.1) is 5.82 Å².